The molecule has 0 saturated heterocycles. The molecule has 3 nitrogen and oxygen atoms in total. The van der Waals surface area contributed by atoms with Crippen molar-refractivity contribution < 1.29 is 9.84 Å². The molecule has 0 heterocycles. The average Bonchev–Trinajstić information content (AvgIpc) is 2.42. The average molecular weight is 263 g/mol. The van der Waals surface area contributed by atoms with Gasteiger partial charge in [-0.25, -0.2) is 0 Å². The molecular formula is C16H25NO2. The molecule has 1 atom stereocenters. The number of methoxy groups -OCH3 is 1. The SMILES string of the molecule is COc1ccccc1C[C@@H](C)NC1CCC(O)CC1. The molecule has 1 aliphatic rings. The zero-order chi connectivity index (χ0) is 13.7. The highest BCUT2D eigenvalue weighted by Gasteiger charge is 2.20. The van der Waals surface area contributed by atoms with Gasteiger partial charge in [-0.3, -0.25) is 0 Å². The molecular weight excluding hydrogens is 238 g/mol. The summed E-state index contributed by atoms with van der Waals surface area (Å²) in [6, 6.07) is 9.18. The number of hydrogen-bond donors (Lipinski definition) is 2. The quantitative estimate of drug-likeness (QED) is 0.857. The molecule has 19 heavy (non-hydrogen) atoms. The van der Waals surface area contributed by atoms with Crippen LogP contribution >= 0.6 is 0 Å². The maximum absolute atomic E-state index is 9.52. The number of benzene rings is 1. The van der Waals surface area contributed by atoms with E-state index in [1.54, 1.807) is 7.11 Å². The summed E-state index contributed by atoms with van der Waals surface area (Å²) in [7, 11) is 1.72. The highest BCUT2D eigenvalue weighted by Crippen LogP contribution is 2.21. The molecule has 0 bridgehead atoms. The molecule has 0 aliphatic heterocycles. The second-order valence-electron chi connectivity index (χ2n) is 5.59. The van der Waals surface area contributed by atoms with Crippen LogP contribution in [0.15, 0.2) is 24.3 Å². The summed E-state index contributed by atoms with van der Waals surface area (Å²) in [5.74, 6) is 0.968. The summed E-state index contributed by atoms with van der Waals surface area (Å²) in [4.78, 5) is 0. The molecule has 1 saturated carbocycles. The molecule has 0 aromatic heterocycles. The zero-order valence-corrected chi connectivity index (χ0v) is 11.9. The van der Waals surface area contributed by atoms with E-state index in [9.17, 15) is 5.11 Å². The zero-order valence-electron chi connectivity index (χ0n) is 11.9. The summed E-state index contributed by atoms with van der Waals surface area (Å²) in [6.45, 7) is 2.22. The van der Waals surface area contributed by atoms with Crippen molar-refractivity contribution in [1.82, 2.24) is 5.32 Å². The lowest BCUT2D eigenvalue weighted by molar-refractivity contribution is 0.114. The number of para-hydroxylation sites is 1. The van der Waals surface area contributed by atoms with Crippen molar-refractivity contribution in [3.05, 3.63) is 29.8 Å². The number of aliphatic hydroxyl groups excluding tert-OH is 1. The van der Waals surface area contributed by atoms with Crippen molar-refractivity contribution in [2.24, 2.45) is 0 Å². The van der Waals surface area contributed by atoms with Gasteiger partial charge < -0.3 is 15.2 Å². The summed E-state index contributed by atoms with van der Waals surface area (Å²) < 4.78 is 5.39. The smallest absolute Gasteiger partial charge is 0.122 e. The van der Waals surface area contributed by atoms with E-state index < -0.39 is 0 Å². The van der Waals surface area contributed by atoms with E-state index >= 15 is 0 Å². The van der Waals surface area contributed by atoms with Crippen molar-refractivity contribution in [2.75, 3.05) is 7.11 Å². The first kappa shape index (κ1) is 14.4. The normalized spacial score (nSPS) is 25.0. The topological polar surface area (TPSA) is 41.5 Å². The third-order valence-corrected chi connectivity index (χ3v) is 3.94. The summed E-state index contributed by atoms with van der Waals surface area (Å²) in [6.07, 6.45) is 4.92. The third-order valence-electron chi connectivity index (χ3n) is 3.94. The highest BCUT2D eigenvalue weighted by atomic mass is 16.5. The van der Waals surface area contributed by atoms with Gasteiger partial charge in [0.15, 0.2) is 0 Å². The fourth-order valence-corrected chi connectivity index (χ4v) is 2.91. The van der Waals surface area contributed by atoms with Crippen molar-refractivity contribution in [1.29, 1.82) is 0 Å². The van der Waals surface area contributed by atoms with Gasteiger partial charge in [-0.05, 0) is 50.7 Å². The van der Waals surface area contributed by atoms with E-state index in [1.807, 2.05) is 12.1 Å². The fraction of sp³-hybridized carbons (Fsp3) is 0.625. The monoisotopic (exact) mass is 263 g/mol. The lowest BCUT2D eigenvalue weighted by Gasteiger charge is -2.29. The molecule has 3 heteroatoms. The van der Waals surface area contributed by atoms with Crippen molar-refractivity contribution in [3.63, 3.8) is 0 Å². The van der Waals surface area contributed by atoms with Gasteiger partial charge in [0.1, 0.15) is 5.75 Å². The van der Waals surface area contributed by atoms with Crippen LogP contribution < -0.4 is 10.1 Å². The molecule has 1 fully saturated rings. The van der Waals surface area contributed by atoms with Crippen LogP contribution in [-0.2, 0) is 6.42 Å². The highest BCUT2D eigenvalue weighted by molar-refractivity contribution is 5.33. The lowest BCUT2D eigenvalue weighted by Crippen LogP contribution is -2.40. The molecule has 2 rings (SSSR count). The van der Waals surface area contributed by atoms with Gasteiger partial charge in [0.25, 0.3) is 0 Å². The Hall–Kier alpha value is -1.06. The van der Waals surface area contributed by atoms with E-state index in [1.165, 1.54) is 5.56 Å². The van der Waals surface area contributed by atoms with Gasteiger partial charge in [-0.1, -0.05) is 18.2 Å². The molecule has 0 amide bonds. The maximum Gasteiger partial charge on any atom is 0.122 e. The van der Waals surface area contributed by atoms with Crippen molar-refractivity contribution in [3.8, 4) is 5.75 Å². The van der Waals surface area contributed by atoms with Crippen LogP contribution in [0.2, 0.25) is 0 Å². The van der Waals surface area contributed by atoms with Gasteiger partial charge in [-0.2, -0.15) is 0 Å². The maximum atomic E-state index is 9.52. The Morgan fingerprint density at radius 1 is 1.26 bits per heavy atom. The number of rotatable bonds is 5. The standard InChI is InChI=1S/C16H25NO2/c1-12(17-14-7-9-15(18)10-8-14)11-13-5-3-4-6-16(13)19-2/h3-6,12,14-15,17-18H,7-11H2,1-2H3/t12-,14?,15?/m1/s1. The number of nitrogens with one attached hydrogen (secondary N) is 1. The van der Waals surface area contributed by atoms with Crippen molar-refractivity contribution in [2.45, 2.75) is 57.2 Å². The van der Waals surface area contributed by atoms with Crippen LogP contribution in [0.3, 0.4) is 0 Å². The molecule has 0 unspecified atom stereocenters. The Balaban J connectivity index is 1.85. The molecule has 1 aliphatic carbocycles. The van der Waals surface area contributed by atoms with E-state index in [0.29, 0.717) is 12.1 Å². The van der Waals surface area contributed by atoms with Crippen LogP contribution in [0.4, 0.5) is 0 Å². The Bertz CT molecular complexity index is 386. The minimum atomic E-state index is -0.0810. The van der Waals surface area contributed by atoms with E-state index in [4.69, 9.17) is 4.74 Å². The molecule has 106 valence electrons. The Morgan fingerprint density at radius 3 is 2.63 bits per heavy atom. The lowest BCUT2D eigenvalue weighted by atomic mass is 9.92. The summed E-state index contributed by atoms with van der Waals surface area (Å²) >= 11 is 0. The summed E-state index contributed by atoms with van der Waals surface area (Å²) in [5, 5.41) is 13.2. The second kappa shape index (κ2) is 6.92. The minimum Gasteiger partial charge on any atom is -0.496 e. The molecule has 2 N–H and O–H groups in total. The predicted molar refractivity (Wildman–Crippen MR) is 77.6 cm³/mol. The van der Waals surface area contributed by atoms with Crippen molar-refractivity contribution >= 4 is 0 Å². The number of aliphatic hydroxyl groups is 1. The van der Waals surface area contributed by atoms with Gasteiger partial charge in [0.05, 0.1) is 13.2 Å². The van der Waals surface area contributed by atoms with Crippen LogP contribution in [0.1, 0.15) is 38.2 Å². The van der Waals surface area contributed by atoms with Gasteiger partial charge >= 0.3 is 0 Å². The Kier molecular flexibility index (Phi) is 5.23. The molecule has 1 aromatic rings. The Labute approximate surface area is 116 Å². The van der Waals surface area contributed by atoms with E-state index in [0.717, 1.165) is 37.9 Å². The number of ether oxygens (including phenoxy) is 1. The first-order valence-corrected chi connectivity index (χ1v) is 7.25. The van der Waals surface area contributed by atoms with E-state index in [2.05, 4.69) is 24.4 Å². The van der Waals surface area contributed by atoms with E-state index in [-0.39, 0.29) is 6.10 Å². The van der Waals surface area contributed by atoms with Gasteiger partial charge in [0, 0.05) is 12.1 Å². The van der Waals surface area contributed by atoms with Crippen LogP contribution in [0.5, 0.6) is 5.75 Å². The van der Waals surface area contributed by atoms with Crippen LogP contribution in [0.25, 0.3) is 0 Å². The largest absolute Gasteiger partial charge is 0.496 e. The summed E-state index contributed by atoms with van der Waals surface area (Å²) in [5.41, 5.74) is 1.25. The predicted octanol–water partition coefficient (Wildman–Crippen LogP) is 2.52. The first-order chi connectivity index (χ1) is 9.19. The van der Waals surface area contributed by atoms with Crippen LogP contribution in [-0.4, -0.2) is 30.4 Å². The fourth-order valence-electron chi connectivity index (χ4n) is 2.91. The molecule has 0 radical (unpaired) electrons. The second-order valence-corrected chi connectivity index (χ2v) is 5.59. The molecule has 1 aromatic carbocycles. The van der Waals surface area contributed by atoms with Crippen LogP contribution in [0, 0.1) is 0 Å². The minimum absolute atomic E-state index is 0.0810. The molecule has 0 spiro atoms. The number of hydrogen-bond acceptors (Lipinski definition) is 3. The Morgan fingerprint density at radius 2 is 1.95 bits per heavy atom. The third kappa shape index (κ3) is 4.22. The van der Waals surface area contributed by atoms with Gasteiger partial charge in [-0.15, -0.1) is 0 Å². The first-order valence-electron chi connectivity index (χ1n) is 7.25. The van der Waals surface area contributed by atoms with Gasteiger partial charge in [0.2, 0.25) is 0 Å².